The molecule has 3 heterocycles. The summed E-state index contributed by atoms with van der Waals surface area (Å²) in [7, 11) is 1.69. The highest BCUT2D eigenvalue weighted by atomic mass is 16.5. The summed E-state index contributed by atoms with van der Waals surface area (Å²) in [6.45, 7) is 7.40. The first-order valence-corrected chi connectivity index (χ1v) is 10.2. The summed E-state index contributed by atoms with van der Waals surface area (Å²) in [5.74, 6) is 2.52. The molecule has 0 aliphatic carbocycles. The maximum atomic E-state index is 6.03. The summed E-state index contributed by atoms with van der Waals surface area (Å²) in [5.41, 5.74) is 0.953. The van der Waals surface area contributed by atoms with Crippen LogP contribution in [0, 0.1) is 0 Å². The Balaban J connectivity index is 1.72. The van der Waals surface area contributed by atoms with E-state index in [4.69, 9.17) is 14.2 Å². The van der Waals surface area contributed by atoms with E-state index in [2.05, 4.69) is 33.5 Å². The molecule has 3 atom stereocenters. The van der Waals surface area contributed by atoms with Gasteiger partial charge in [0.05, 0.1) is 37.5 Å². The summed E-state index contributed by atoms with van der Waals surface area (Å²) in [5, 5.41) is 9.18. The molecular weight excluding hydrogens is 356 g/mol. The molecule has 2 aliphatic heterocycles. The smallest absolute Gasteiger partial charge is 0.227 e. The summed E-state index contributed by atoms with van der Waals surface area (Å²) in [6, 6.07) is 7.98. The third-order valence-corrected chi connectivity index (χ3v) is 5.44. The van der Waals surface area contributed by atoms with Crippen molar-refractivity contribution in [3.63, 3.8) is 0 Å². The van der Waals surface area contributed by atoms with Crippen LogP contribution in [0.4, 0.5) is 5.95 Å². The van der Waals surface area contributed by atoms with Crippen LogP contribution in [0.25, 0.3) is 11.4 Å². The second-order valence-corrected chi connectivity index (χ2v) is 7.79. The molecule has 2 aromatic rings. The molecule has 152 valence electrons. The van der Waals surface area contributed by atoms with Crippen molar-refractivity contribution in [3.8, 4) is 17.1 Å². The van der Waals surface area contributed by atoms with Crippen molar-refractivity contribution in [2.75, 3.05) is 31.7 Å². The van der Waals surface area contributed by atoms with Crippen LogP contribution in [-0.4, -0.2) is 59.9 Å². The van der Waals surface area contributed by atoms with Gasteiger partial charge in [-0.15, -0.1) is 10.2 Å². The molecule has 7 nitrogen and oxygen atoms in total. The molecule has 28 heavy (non-hydrogen) atoms. The fraction of sp³-hybridized carbons (Fsp3) is 0.619. The Bertz CT molecular complexity index is 778. The van der Waals surface area contributed by atoms with Gasteiger partial charge < -0.3 is 19.1 Å². The molecule has 2 fully saturated rings. The standard InChI is InChI=1S/C21H30N4O3/c1-15-12-24(13-16(2)28-15)21-23-22-20(18-9-4-5-10-19(18)26-3)25(21)14-17-8-6-7-11-27-17/h4-5,9-10,15-17H,6-8,11-14H2,1-3H3/t15-,16+,17-/m1/s1. The van der Waals surface area contributed by atoms with E-state index in [-0.39, 0.29) is 18.3 Å². The Morgan fingerprint density at radius 2 is 1.89 bits per heavy atom. The molecule has 0 spiro atoms. The third kappa shape index (κ3) is 4.00. The number of ether oxygens (including phenoxy) is 3. The molecule has 0 N–H and O–H groups in total. The summed E-state index contributed by atoms with van der Waals surface area (Å²) in [6.07, 6.45) is 3.93. The monoisotopic (exact) mass is 386 g/mol. The number of methoxy groups -OCH3 is 1. The molecular formula is C21H30N4O3. The number of para-hydroxylation sites is 1. The lowest BCUT2D eigenvalue weighted by Crippen LogP contribution is -2.46. The van der Waals surface area contributed by atoms with Gasteiger partial charge in [0, 0.05) is 19.7 Å². The summed E-state index contributed by atoms with van der Waals surface area (Å²) < 4.78 is 19.7. The van der Waals surface area contributed by atoms with Crippen molar-refractivity contribution in [1.82, 2.24) is 14.8 Å². The van der Waals surface area contributed by atoms with E-state index in [1.54, 1.807) is 7.11 Å². The lowest BCUT2D eigenvalue weighted by molar-refractivity contribution is -0.00699. The van der Waals surface area contributed by atoms with E-state index >= 15 is 0 Å². The molecule has 7 heteroatoms. The zero-order valence-corrected chi connectivity index (χ0v) is 17.0. The predicted octanol–water partition coefficient (Wildman–Crippen LogP) is 3.14. The third-order valence-electron chi connectivity index (χ3n) is 5.44. The fourth-order valence-electron chi connectivity index (χ4n) is 4.22. The second kappa shape index (κ2) is 8.49. The van der Waals surface area contributed by atoms with Crippen LogP contribution in [-0.2, 0) is 16.0 Å². The number of aromatic nitrogens is 3. The summed E-state index contributed by atoms with van der Waals surface area (Å²) in [4.78, 5) is 2.29. The van der Waals surface area contributed by atoms with Crippen LogP contribution in [0.3, 0.4) is 0 Å². The zero-order valence-electron chi connectivity index (χ0n) is 17.0. The SMILES string of the molecule is COc1ccccc1-c1nnc(N2C[C@@H](C)O[C@@H](C)C2)n1C[C@H]1CCCCO1. The average Bonchev–Trinajstić information content (AvgIpc) is 3.11. The highest BCUT2D eigenvalue weighted by Gasteiger charge is 2.29. The molecule has 2 aliphatic rings. The van der Waals surface area contributed by atoms with E-state index in [1.807, 2.05) is 24.3 Å². The van der Waals surface area contributed by atoms with Gasteiger partial charge in [0.25, 0.3) is 0 Å². The minimum absolute atomic E-state index is 0.162. The van der Waals surface area contributed by atoms with Crippen LogP contribution in [0.5, 0.6) is 5.75 Å². The van der Waals surface area contributed by atoms with Crippen molar-refractivity contribution in [2.45, 2.75) is 58.0 Å². The molecule has 1 aromatic heterocycles. The molecule has 2 saturated heterocycles. The molecule has 0 bridgehead atoms. The van der Waals surface area contributed by atoms with E-state index in [0.717, 1.165) is 62.2 Å². The van der Waals surface area contributed by atoms with Crippen molar-refractivity contribution in [2.24, 2.45) is 0 Å². The number of anilines is 1. The second-order valence-electron chi connectivity index (χ2n) is 7.79. The maximum Gasteiger partial charge on any atom is 0.227 e. The maximum absolute atomic E-state index is 6.03. The van der Waals surface area contributed by atoms with Crippen LogP contribution >= 0.6 is 0 Å². The van der Waals surface area contributed by atoms with Crippen LogP contribution in [0.1, 0.15) is 33.1 Å². The van der Waals surface area contributed by atoms with Crippen molar-refractivity contribution in [1.29, 1.82) is 0 Å². The molecule has 0 saturated carbocycles. The molecule has 1 aromatic carbocycles. The topological polar surface area (TPSA) is 61.6 Å². The number of morpholine rings is 1. The summed E-state index contributed by atoms with van der Waals surface area (Å²) >= 11 is 0. The first-order chi connectivity index (χ1) is 13.7. The Hall–Kier alpha value is -2.12. The fourth-order valence-corrected chi connectivity index (χ4v) is 4.22. The van der Waals surface area contributed by atoms with Gasteiger partial charge in [-0.2, -0.15) is 0 Å². The van der Waals surface area contributed by atoms with E-state index < -0.39 is 0 Å². The quantitative estimate of drug-likeness (QED) is 0.787. The number of hydrogen-bond donors (Lipinski definition) is 0. The molecule has 0 unspecified atom stereocenters. The van der Waals surface area contributed by atoms with Crippen LogP contribution in [0.15, 0.2) is 24.3 Å². The molecule has 0 amide bonds. The molecule has 4 rings (SSSR count). The highest BCUT2D eigenvalue weighted by molar-refractivity contribution is 5.65. The number of nitrogens with zero attached hydrogens (tertiary/aromatic N) is 4. The normalized spacial score (nSPS) is 25.7. The Labute approximate surface area is 166 Å². The lowest BCUT2D eigenvalue weighted by Gasteiger charge is -2.36. The Kier molecular flexibility index (Phi) is 5.82. The van der Waals surface area contributed by atoms with Crippen molar-refractivity contribution < 1.29 is 14.2 Å². The van der Waals surface area contributed by atoms with Gasteiger partial charge >= 0.3 is 0 Å². The van der Waals surface area contributed by atoms with Gasteiger partial charge in [0.2, 0.25) is 5.95 Å². The number of benzene rings is 1. The van der Waals surface area contributed by atoms with Crippen molar-refractivity contribution >= 4 is 5.95 Å². The lowest BCUT2D eigenvalue weighted by atomic mass is 10.1. The van der Waals surface area contributed by atoms with E-state index in [1.165, 1.54) is 6.42 Å². The van der Waals surface area contributed by atoms with Gasteiger partial charge in [0.1, 0.15) is 5.75 Å². The van der Waals surface area contributed by atoms with Gasteiger partial charge in [-0.3, -0.25) is 4.57 Å². The van der Waals surface area contributed by atoms with E-state index in [0.29, 0.717) is 0 Å². The number of rotatable bonds is 5. The van der Waals surface area contributed by atoms with E-state index in [9.17, 15) is 0 Å². The molecule has 0 radical (unpaired) electrons. The number of hydrogen-bond acceptors (Lipinski definition) is 6. The first kappa shape index (κ1) is 19.2. The van der Waals surface area contributed by atoms with Gasteiger partial charge in [0.15, 0.2) is 5.82 Å². The average molecular weight is 386 g/mol. The first-order valence-electron chi connectivity index (χ1n) is 10.2. The van der Waals surface area contributed by atoms with Crippen LogP contribution < -0.4 is 9.64 Å². The zero-order chi connectivity index (χ0) is 19.5. The van der Waals surface area contributed by atoms with Gasteiger partial charge in [-0.25, -0.2) is 0 Å². The van der Waals surface area contributed by atoms with Crippen LogP contribution in [0.2, 0.25) is 0 Å². The largest absolute Gasteiger partial charge is 0.496 e. The van der Waals surface area contributed by atoms with Gasteiger partial charge in [-0.1, -0.05) is 12.1 Å². The highest BCUT2D eigenvalue weighted by Crippen LogP contribution is 2.32. The Morgan fingerprint density at radius 3 is 2.61 bits per heavy atom. The minimum Gasteiger partial charge on any atom is -0.496 e. The van der Waals surface area contributed by atoms with Crippen molar-refractivity contribution in [3.05, 3.63) is 24.3 Å². The minimum atomic E-state index is 0.162. The van der Waals surface area contributed by atoms with Gasteiger partial charge in [-0.05, 0) is 45.2 Å². The predicted molar refractivity (Wildman–Crippen MR) is 108 cm³/mol. The Morgan fingerprint density at radius 1 is 1.11 bits per heavy atom.